The largest absolute Gasteiger partial charge is 0.417 e. The number of hydrogen-bond donors (Lipinski definition) is 3. The molecule has 0 saturated carbocycles. The van der Waals surface area contributed by atoms with Gasteiger partial charge in [0.15, 0.2) is 5.58 Å². The van der Waals surface area contributed by atoms with Crippen molar-refractivity contribution < 1.29 is 9.21 Å². The first-order valence-electron chi connectivity index (χ1n) is 8.49. The number of benzene rings is 2. The molecule has 2 aromatic carbocycles. The van der Waals surface area contributed by atoms with Gasteiger partial charge in [-0.05, 0) is 36.8 Å². The maximum absolute atomic E-state index is 12.1. The number of para-hydroxylation sites is 1. The number of carbonyl (C=O) groups is 1. The minimum Gasteiger partial charge on any atom is -0.408 e. The minimum absolute atomic E-state index is 0.164. The van der Waals surface area contributed by atoms with Crippen LogP contribution in [0.4, 0.5) is 5.69 Å². The van der Waals surface area contributed by atoms with Crippen molar-refractivity contribution in [2.45, 2.75) is 19.3 Å². The van der Waals surface area contributed by atoms with E-state index in [0.717, 1.165) is 0 Å². The van der Waals surface area contributed by atoms with Crippen molar-refractivity contribution in [1.29, 1.82) is 0 Å². The van der Waals surface area contributed by atoms with Crippen LogP contribution in [-0.4, -0.2) is 20.9 Å². The topological polar surface area (TPSA) is 121 Å². The van der Waals surface area contributed by atoms with Crippen LogP contribution in [-0.2, 0) is 11.2 Å². The van der Waals surface area contributed by atoms with Crippen LogP contribution in [0.5, 0.6) is 0 Å². The number of rotatable bonds is 5. The van der Waals surface area contributed by atoms with Gasteiger partial charge in [-0.2, -0.15) is 0 Å². The Hall–Kier alpha value is -3.68. The quantitative estimate of drug-likeness (QED) is 0.502. The molecule has 0 aliphatic heterocycles. The summed E-state index contributed by atoms with van der Waals surface area (Å²) in [4.78, 5) is 45.0. The lowest BCUT2D eigenvalue weighted by Crippen LogP contribution is -2.14. The molecular weight excluding hydrogens is 348 g/mol. The third-order valence-corrected chi connectivity index (χ3v) is 4.18. The Morgan fingerprint density at radius 1 is 1.11 bits per heavy atom. The van der Waals surface area contributed by atoms with Crippen LogP contribution in [0.1, 0.15) is 18.7 Å². The van der Waals surface area contributed by atoms with Crippen molar-refractivity contribution in [1.82, 2.24) is 15.0 Å². The van der Waals surface area contributed by atoms with Crippen molar-refractivity contribution in [2.75, 3.05) is 5.32 Å². The SMILES string of the molecule is O=C(CCCc1nc2ccccc2c(=O)[nH]1)Nc1ccc2oc(=O)[nH]c2c1. The summed E-state index contributed by atoms with van der Waals surface area (Å²) in [6.45, 7) is 0. The summed E-state index contributed by atoms with van der Waals surface area (Å²) in [7, 11) is 0. The van der Waals surface area contributed by atoms with Crippen LogP contribution in [0.15, 0.2) is 56.5 Å². The molecule has 2 aromatic heterocycles. The van der Waals surface area contributed by atoms with E-state index < -0.39 is 5.76 Å². The maximum Gasteiger partial charge on any atom is 0.417 e. The van der Waals surface area contributed by atoms with Crippen molar-refractivity contribution in [3.05, 3.63) is 69.2 Å². The Kier molecular flexibility index (Phi) is 4.29. The standard InChI is InChI=1S/C19H16N4O4/c24-17(20-11-8-9-15-14(10-11)22-19(26)27-15)7-3-6-16-21-13-5-2-1-4-12(13)18(25)23-16/h1-2,4-5,8-10H,3,6-7H2,(H,20,24)(H,22,26)(H,21,23,25). The molecule has 0 radical (unpaired) electrons. The molecule has 0 fully saturated rings. The van der Waals surface area contributed by atoms with E-state index in [1.807, 2.05) is 6.07 Å². The zero-order valence-electron chi connectivity index (χ0n) is 14.2. The van der Waals surface area contributed by atoms with Crippen molar-refractivity contribution >= 4 is 33.6 Å². The monoisotopic (exact) mass is 364 g/mol. The average molecular weight is 364 g/mol. The third-order valence-electron chi connectivity index (χ3n) is 4.18. The van der Waals surface area contributed by atoms with Gasteiger partial charge in [-0.15, -0.1) is 0 Å². The number of oxazole rings is 1. The fraction of sp³-hybridized carbons (Fsp3) is 0.158. The Morgan fingerprint density at radius 3 is 2.85 bits per heavy atom. The number of aromatic nitrogens is 3. The molecule has 3 N–H and O–H groups in total. The highest BCUT2D eigenvalue weighted by Gasteiger charge is 2.08. The summed E-state index contributed by atoms with van der Waals surface area (Å²) in [5.41, 5.74) is 1.99. The Morgan fingerprint density at radius 2 is 1.96 bits per heavy atom. The van der Waals surface area contributed by atoms with Crippen LogP contribution in [0, 0.1) is 0 Å². The number of carbonyl (C=O) groups excluding carboxylic acids is 1. The second kappa shape index (κ2) is 6.91. The van der Waals surface area contributed by atoms with Gasteiger partial charge < -0.3 is 14.7 Å². The number of nitrogens with zero attached hydrogens (tertiary/aromatic N) is 1. The maximum atomic E-state index is 12.1. The Bertz CT molecular complexity index is 1250. The molecule has 27 heavy (non-hydrogen) atoms. The third kappa shape index (κ3) is 3.64. The lowest BCUT2D eigenvalue weighted by molar-refractivity contribution is -0.116. The highest BCUT2D eigenvalue weighted by Crippen LogP contribution is 2.16. The van der Waals surface area contributed by atoms with E-state index in [-0.39, 0.29) is 17.9 Å². The molecule has 0 aliphatic carbocycles. The van der Waals surface area contributed by atoms with Crippen LogP contribution in [0.2, 0.25) is 0 Å². The first kappa shape index (κ1) is 16.8. The van der Waals surface area contributed by atoms with E-state index in [1.54, 1.807) is 36.4 Å². The second-order valence-corrected chi connectivity index (χ2v) is 6.16. The summed E-state index contributed by atoms with van der Waals surface area (Å²) in [5.74, 6) is -0.141. The number of fused-ring (bicyclic) bond motifs is 2. The molecule has 0 saturated heterocycles. The molecule has 2 heterocycles. The molecule has 0 atom stereocenters. The van der Waals surface area contributed by atoms with E-state index in [0.29, 0.717) is 46.4 Å². The van der Waals surface area contributed by atoms with E-state index >= 15 is 0 Å². The van der Waals surface area contributed by atoms with Gasteiger partial charge in [0.1, 0.15) is 5.82 Å². The molecule has 4 aromatic rings. The number of nitrogens with one attached hydrogen (secondary N) is 3. The van der Waals surface area contributed by atoms with E-state index in [4.69, 9.17) is 4.42 Å². The fourth-order valence-electron chi connectivity index (χ4n) is 2.92. The predicted molar refractivity (Wildman–Crippen MR) is 101 cm³/mol. The van der Waals surface area contributed by atoms with Crippen LogP contribution in [0.25, 0.3) is 22.0 Å². The smallest absolute Gasteiger partial charge is 0.408 e. The van der Waals surface area contributed by atoms with Crippen LogP contribution >= 0.6 is 0 Å². The second-order valence-electron chi connectivity index (χ2n) is 6.16. The summed E-state index contributed by atoms with van der Waals surface area (Å²) in [6.07, 6.45) is 1.30. The van der Waals surface area contributed by atoms with Crippen LogP contribution in [0.3, 0.4) is 0 Å². The zero-order valence-corrected chi connectivity index (χ0v) is 14.2. The molecule has 8 heteroatoms. The van der Waals surface area contributed by atoms with Crippen molar-refractivity contribution in [3.8, 4) is 0 Å². The van der Waals surface area contributed by atoms with E-state index in [2.05, 4.69) is 20.3 Å². The van der Waals surface area contributed by atoms with Gasteiger partial charge >= 0.3 is 5.76 Å². The lowest BCUT2D eigenvalue weighted by atomic mass is 10.2. The van der Waals surface area contributed by atoms with Gasteiger partial charge in [0, 0.05) is 18.5 Å². The Labute approximate surface area is 152 Å². The van der Waals surface area contributed by atoms with Gasteiger partial charge in [0.05, 0.1) is 16.4 Å². The fourth-order valence-corrected chi connectivity index (χ4v) is 2.92. The highest BCUT2D eigenvalue weighted by atomic mass is 16.4. The number of aromatic amines is 2. The summed E-state index contributed by atoms with van der Waals surface area (Å²) >= 11 is 0. The van der Waals surface area contributed by atoms with E-state index in [1.165, 1.54) is 0 Å². The Balaban J connectivity index is 1.37. The highest BCUT2D eigenvalue weighted by molar-refractivity contribution is 5.92. The number of aryl methyl sites for hydroxylation is 1. The molecule has 0 unspecified atom stereocenters. The van der Waals surface area contributed by atoms with Crippen LogP contribution < -0.4 is 16.6 Å². The van der Waals surface area contributed by atoms with Gasteiger partial charge in [-0.1, -0.05) is 12.1 Å². The number of amides is 1. The number of hydrogen-bond acceptors (Lipinski definition) is 5. The van der Waals surface area contributed by atoms with Gasteiger partial charge in [0.25, 0.3) is 5.56 Å². The first-order chi connectivity index (χ1) is 13.1. The predicted octanol–water partition coefficient (Wildman–Crippen LogP) is 2.32. The number of H-pyrrole nitrogens is 2. The first-order valence-corrected chi connectivity index (χ1v) is 8.49. The molecule has 1 amide bonds. The van der Waals surface area contributed by atoms with Gasteiger partial charge in [-0.3, -0.25) is 14.6 Å². The minimum atomic E-state index is -0.537. The normalized spacial score (nSPS) is 11.1. The molecule has 136 valence electrons. The van der Waals surface area contributed by atoms with E-state index in [9.17, 15) is 14.4 Å². The molecular formula is C19H16N4O4. The summed E-state index contributed by atoms with van der Waals surface area (Å²) in [6, 6.07) is 12.1. The summed E-state index contributed by atoms with van der Waals surface area (Å²) < 4.78 is 4.92. The van der Waals surface area contributed by atoms with Crippen molar-refractivity contribution in [3.63, 3.8) is 0 Å². The molecule has 0 bridgehead atoms. The van der Waals surface area contributed by atoms with Gasteiger partial charge in [0.2, 0.25) is 5.91 Å². The van der Waals surface area contributed by atoms with Crippen molar-refractivity contribution in [2.24, 2.45) is 0 Å². The molecule has 8 nitrogen and oxygen atoms in total. The van der Waals surface area contributed by atoms with Gasteiger partial charge in [-0.25, -0.2) is 9.78 Å². The summed E-state index contributed by atoms with van der Waals surface area (Å²) in [5, 5.41) is 3.32. The number of anilines is 1. The molecule has 0 aliphatic rings. The lowest BCUT2D eigenvalue weighted by Gasteiger charge is -2.05. The zero-order chi connectivity index (χ0) is 18.8. The average Bonchev–Trinajstić information content (AvgIpc) is 3.01. The molecule has 4 rings (SSSR count). The molecule has 0 spiro atoms.